The molecule has 1 unspecified atom stereocenters. The smallest absolute Gasteiger partial charge is 0.251 e. The van der Waals surface area contributed by atoms with Crippen LogP contribution in [-0.4, -0.2) is 11.1 Å². The molecule has 4 rings (SSSR count). The predicted octanol–water partition coefficient (Wildman–Crippen LogP) is 3.79. The van der Waals surface area contributed by atoms with Crippen LogP contribution in [0.25, 0.3) is 0 Å². The molecule has 0 saturated carbocycles. The summed E-state index contributed by atoms with van der Waals surface area (Å²) in [5.74, 6) is 0.492. The molecule has 6 heteroatoms. The third kappa shape index (κ3) is 3.25. The predicted molar refractivity (Wildman–Crippen MR) is 107 cm³/mol. The van der Waals surface area contributed by atoms with Crippen molar-refractivity contribution >= 4 is 22.2 Å². The van der Waals surface area contributed by atoms with Gasteiger partial charge in [-0.1, -0.05) is 35.5 Å². The minimum atomic E-state index is -0.422. The molecular weight excluding hydrogens is 358 g/mol. The van der Waals surface area contributed by atoms with Crippen LogP contribution in [0.5, 0.6) is 0 Å². The second kappa shape index (κ2) is 6.85. The molecule has 2 aromatic heterocycles. The Balaban J connectivity index is 1.70. The summed E-state index contributed by atoms with van der Waals surface area (Å²) in [4.78, 5) is 13.0. The van der Waals surface area contributed by atoms with Gasteiger partial charge in [0.2, 0.25) is 0 Å². The number of nitrogen functional groups attached to an aromatic ring is 1. The fraction of sp³-hybridized carbons (Fsp3) is 0.333. The van der Waals surface area contributed by atoms with Crippen molar-refractivity contribution in [1.29, 1.82) is 0 Å². The molecule has 0 aliphatic heterocycles. The van der Waals surface area contributed by atoms with Gasteiger partial charge in [0.15, 0.2) is 0 Å². The van der Waals surface area contributed by atoms with Crippen LogP contribution in [-0.2, 0) is 24.7 Å². The minimum Gasteiger partial charge on any atom is -0.390 e. The van der Waals surface area contributed by atoms with Crippen LogP contribution in [0.4, 0.5) is 5.00 Å². The van der Waals surface area contributed by atoms with Crippen molar-refractivity contribution in [2.24, 2.45) is 5.73 Å². The minimum absolute atomic E-state index is 0.0127. The van der Waals surface area contributed by atoms with E-state index >= 15 is 0 Å². The van der Waals surface area contributed by atoms with Crippen LogP contribution >= 0.6 is 11.3 Å². The van der Waals surface area contributed by atoms with Crippen molar-refractivity contribution in [1.82, 2.24) is 5.16 Å². The number of nitrogens with two attached hydrogens (primary N) is 2. The zero-order valence-electron chi connectivity index (χ0n) is 15.3. The number of hydrogen-bond donors (Lipinski definition) is 2. The Hall–Kier alpha value is -2.60. The molecule has 3 aromatic rings. The summed E-state index contributed by atoms with van der Waals surface area (Å²) in [5, 5.41) is 4.55. The maximum atomic E-state index is 11.8. The standard InChI is InChI=1S/C21H23N3O2S/c1-13-11-15(26-24-13)7-9-21(14-5-3-2-4-6-14)10-8-16-17(12-21)27-20(23)18(16)19(22)25/h2-6,11H,7-10,12,23H2,1H3,(H2,22,25). The molecule has 1 aromatic carbocycles. The molecule has 5 nitrogen and oxygen atoms in total. The third-order valence-electron chi connectivity index (χ3n) is 5.63. The van der Waals surface area contributed by atoms with Gasteiger partial charge >= 0.3 is 0 Å². The first kappa shape index (κ1) is 17.8. The van der Waals surface area contributed by atoms with Gasteiger partial charge in [0.25, 0.3) is 5.91 Å². The van der Waals surface area contributed by atoms with Gasteiger partial charge in [-0.15, -0.1) is 11.3 Å². The first-order valence-corrected chi connectivity index (χ1v) is 9.98. The number of aromatic nitrogens is 1. The molecule has 0 spiro atoms. The van der Waals surface area contributed by atoms with Crippen molar-refractivity contribution in [3.8, 4) is 0 Å². The molecule has 0 saturated heterocycles. The zero-order valence-corrected chi connectivity index (χ0v) is 16.1. The molecule has 0 fully saturated rings. The number of carbonyl (C=O) groups is 1. The third-order valence-corrected chi connectivity index (χ3v) is 6.69. The summed E-state index contributed by atoms with van der Waals surface area (Å²) in [5.41, 5.74) is 15.5. The number of aryl methyl sites for hydroxylation is 2. The highest BCUT2D eigenvalue weighted by Gasteiger charge is 2.39. The van der Waals surface area contributed by atoms with E-state index in [1.807, 2.05) is 19.1 Å². The molecule has 140 valence electrons. The number of carbonyl (C=O) groups excluding carboxylic acids is 1. The molecular formula is C21H23N3O2S. The summed E-state index contributed by atoms with van der Waals surface area (Å²) in [6.07, 6.45) is 4.41. The number of nitrogens with zero attached hydrogens (tertiary/aromatic N) is 1. The van der Waals surface area contributed by atoms with E-state index in [2.05, 4.69) is 29.4 Å². The van der Waals surface area contributed by atoms with Gasteiger partial charge in [0.05, 0.1) is 16.3 Å². The fourth-order valence-electron chi connectivity index (χ4n) is 4.26. The number of benzene rings is 1. The molecule has 1 aliphatic rings. The number of rotatable bonds is 5. The molecule has 2 heterocycles. The average molecular weight is 382 g/mol. The van der Waals surface area contributed by atoms with E-state index in [9.17, 15) is 4.79 Å². The maximum absolute atomic E-state index is 11.8. The quantitative estimate of drug-likeness (QED) is 0.703. The van der Waals surface area contributed by atoms with Crippen LogP contribution in [0.15, 0.2) is 40.9 Å². The number of amides is 1. The van der Waals surface area contributed by atoms with E-state index in [4.69, 9.17) is 16.0 Å². The Bertz CT molecular complexity index is 977. The molecule has 1 amide bonds. The fourth-order valence-corrected chi connectivity index (χ4v) is 5.53. The largest absolute Gasteiger partial charge is 0.390 e. The molecule has 4 N–H and O–H groups in total. The topological polar surface area (TPSA) is 95.1 Å². The highest BCUT2D eigenvalue weighted by Crippen LogP contribution is 2.46. The van der Waals surface area contributed by atoms with Crippen molar-refractivity contribution in [3.63, 3.8) is 0 Å². The lowest BCUT2D eigenvalue weighted by Gasteiger charge is -2.38. The molecule has 0 bridgehead atoms. The van der Waals surface area contributed by atoms with Gasteiger partial charge in [-0.25, -0.2) is 0 Å². The van der Waals surface area contributed by atoms with E-state index in [1.165, 1.54) is 21.8 Å². The van der Waals surface area contributed by atoms with E-state index in [1.54, 1.807) is 0 Å². The van der Waals surface area contributed by atoms with Gasteiger partial charge in [-0.05, 0) is 43.7 Å². The Labute approximate surface area is 162 Å². The van der Waals surface area contributed by atoms with E-state index in [-0.39, 0.29) is 5.41 Å². The molecule has 1 aliphatic carbocycles. The van der Waals surface area contributed by atoms with Gasteiger partial charge in [-0.3, -0.25) is 4.79 Å². The SMILES string of the molecule is Cc1cc(CCC2(c3ccccc3)CCc3c(sc(N)c3C(N)=O)C2)on1. The zero-order chi connectivity index (χ0) is 19.0. The van der Waals surface area contributed by atoms with Crippen molar-refractivity contribution in [3.05, 3.63) is 69.4 Å². The molecule has 1 atom stereocenters. The Morgan fingerprint density at radius 2 is 2.11 bits per heavy atom. The normalized spacial score (nSPS) is 19.0. The van der Waals surface area contributed by atoms with Crippen molar-refractivity contribution in [2.75, 3.05) is 5.73 Å². The second-order valence-electron chi connectivity index (χ2n) is 7.37. The van der Waals surface area contributed by atoms with Gasteiger partial charge in [0.1, 0.15) is 5.76 Å². The summed E-state index contributed by atoms with van der Waals surface area (Å²) in [6, 6.07) is 12.6. The second-order valence-corrected chi connectivity index (χ2v) is 8.50. The number of hydrogen-bond acceptors (Lipinski definition) is 5. The van der Waals surface area contributed by atoms with E-state index in [0.29, 0.717) is 10.6 Å². The lowest BCUT2D eigenvalue weighted by atomic mass is 9.66. The van der Waals surface area contributed by atoms with Crippen LogP contribution in [0.3, 0.4) is 0 Å². The lowest BCUT2D eigenvalue weighted by molar-refractivity contribution is 0.1000. The van der Waals surface area contributed by atoms with Gasteiger partial charge < -0.3 is 16.0 Å². The molecule has 27 heavy (non-hydrogen) atoms. The first-order chi connectivity index (χ1) is 13.0. The average Bonchev–Trinajstić information content (AvgIpc) is 3.22. The molecule has 0 radical (unpaired) electrons. The summed E-state index contributed by atoms with van der Waals surface area (Å²) in [6.45, 7) is 1.94. The van der Waals surface area contributed by atoms with Crippen LogP contribution in [0.1, 0.15) is 50.7 Å². The Kier molecular flexibility index (Phi) is 4.52. The maximum Gasteiger partial charge on any atom is 0.251 e. The van der Waals surface area contributed by atoms with Crippen molar-refractivity contribution < 1.29 is 9.32 Å². The lowest BCUT2D eigenvalue weighted by Crippen LogP contribution is -2.34. The Morgan fingerprint density at radius 1 is 1.33 bits per heavy atom. The number of anilines is 1. The summed E-state index contributed by atoms with van der Waals surface area (Å²) in [7, 11) is 0. The van der Waals surface area contributed by atoms with Crippen LogP contribution in [0.2, 0.25) is 0 Å². The monoisotopic (exact) mass is 381 g/mol. The van der Waals surface area contributed by atoms with Crippen LogP contribution in [0, 0.1) is 6.92 Å². The number of thiophene rings is 1. The van der Waals surface area contributed by atoms with Crippen molar-refractivity contribution in [2.45, 2.75) is 44.4 Å². The van der Waals surface area contributed by atoms with Gasteiger partial charge in [0, 0.05) is 22.8 Å². The Morgan fingerprint density at radius 3 is 2.78 bits per heavy atom. The van der Waals surface area contributed by atoms with Crippen LogP contribution < -0.4 is 11.5 Å². The highest BCUT2D eigenvalue weighted by molar-refractivity contribution is 7.16. The number of primary amides is 1. The first-order valence-electron chi connectivity index (χ1n) is 9.16. The van der Waals surface area contributed by atoms with E-state index in [0.717, 1.165) is 49.1 Å². The summed E-state index contributed by atoms with van der Waals surface area (Å²) < 4.78 is 5.43. The number of fused-ring (bicyclic) bond motifs is 1. The van der Waals surface area contributed by atoms with E-state index < -0.39 is 5.91 Å². The summed E-state index contributed by atoms with van der Waals surface area (Å²) >= 11 is 1.51. The highest BCUT2D eigenvalue weighted by atomic mass is 32.1. The van der Waals surface area contributed by atoms with Gasteiger partial charge in [-0.2, -0.15) is 0 Å².